The van der Waals surface area contributed by atoms with Crippen LogP contribution in [0.4, 0.5) is 11.4 Å². The van der Waals surface area contributed by atoms with Crippen molar-refractivity contribution in [1.29, 1.82) is 0 Å². The van der Waals surface area contributed by atoms with E-state index in [1.807, 2.05) is 57.2 Å². The number of likely N-dealkylation sites (tertiary alicyclic amines) is 1. The molecule has 5 rings (SSSR count). The van der Waals surface area contributed by atoms with Gasteiger partial charge in [-0.25, -0.2) is 0 Å². The molecule has 9 nitrogen and oxygen atoms in total. The molecule has 1 spiro atoms. The summed E-state index contributed by atoms with van der Waals surface area (Å²) < 4.78 is 10.1. The van der Waals surface area contributed by atoms with E-state index in [9.17, 15) is 19.5 Å². The number of fused-ring (bicyclic) bond motifs is 1. The first-order chi connectivity index (χ1) is 22.6. The molecule has 1 N–H and O–H groups in total. The molecule has 2 aromatic rings. The van der Waals surface area contributed by atoms with Gasteiger partial charge >= 0.3 is 0 Å². The van der Waals surface area contributed by atoms with Crippen LogP contribution in [0.3, 0.4) is 0 Å². The highest BCUT2D eigenvalue weighted by atomic mass is 32.2. The van der Waals surface area contributed by atoms with Crippen LogP contribution in [0.2, 0.25) is 0 Å². The molecule has 0 radical (unpaired) electrons. The van der Waals surface area contributed by atoms with Crippen LogP contribution >= 0.6 is 11.8 Å². The van der Waals surface area contributed by atoms with E-state index < -0.39 is 28.7 Å². The van der Waals surface area contributed by atoms with E-state index in [2.05, 4.69) is 13.2 Å². The molecular weight excluding hydrogens is 614 g/mol. The first-order valence-electron chi connectivity index (χ1n) is 16.5. The van der Waals surface area contributed by atoms with Gasteiger partial charge in [-0.3, -0.25) is 14.4 Å². The first kappa shape index (κ1) is 34.6. The molecule has 252 valence electrons. The number of ether oxygens (including phenoxy) is 2. The summed E-state index contributed by atoms with van der Waals surface area (Å²) in [5.74, 6) is -0.396. The SMILES string of the molecule is C=CCN(C(=O)C1N([C@@H](CO)CC(C)C)C(=O)[C@@H]2[C@@H](C(=O)N(CC=C)c3ccc(OCC)cc3)[C@H]3CCC12S3)c1ccc(OC)cc1. The number of methoxy groups -OCH3 is 1. The fourth-order valence-corrected chi connectivity index (χ4v) is 9.94. The van der Waals surface area contributed by atoms with Crippen LogP contribution in [-0.2, 0) is 14.4 Å². The molecule has 0 aromatic heterocycles. The molecule has 3 heterocycles. The van der Waals surface area contributed by atoms with Crippen molar-refractivity contribution >= 4 is 40.9 Å². The molecule has 3 fully saturated rings. The third-order valence-electron chi connectivity index (χ3n) is 9.60. The third-order valence-corrected chi connectivity index (χ3v) is 11.6. The molecular formula is C37H47N3O6S. The Morgan fingerprint density at radius 3 is 2.11 bits per heavy atom. The largest absolute Gasteiger partial charge is 0.497 e. The summed E-state index contributed by atoms with van der Waals surface area (Å²) in [6, 6.07) is 13.2. The molecule has 3 aliphatic rings. The van der Waals surface area contributed by atoms with E-state index in [0.29, 0.717) is 48.7 Å². The molecule has 2 bridgehead atoms. The highest BCUT2D eigenvalue weighted by molar-refractivity contribution is 8.02. The zero-order valence-electron chi connectivity index (χ0n) is 27.8. The molecule has 0 saturated carbocycles. The molecule has 6 atom stereocenters. The van der Waals surface area contributed by atoms with Gasteiger partial charge in [-0.15, -0.1) is 24.9 Å². The number of anilines is 2. The maximum absolute atomic E-state index is 14.9. The van der Waals surface area contributed by atoms with Gasteiger partial charge < -0.3 is 29.3 Å². The lowest BCUT2D eigenvalue weighted by Crippen LogP contribution is -2.58. The normalized spacial score (nSPS) is 25.0. The van der Waals surface area contributed by atoms with E-state index in [-0.39, 0.29) is 48.6 Å². The number of thioether (sulfide) groups is 1. The van der Waals surface area contributed by atoms with E-state index >= 15 is 0 Å². The molecule has 47 heavy (non-hydrogen) atoms. The monoisotopic (exact) mass is 661 g/mol. The van der Waals surface area contributed by atoms with Crippen molar-refractivity contribution in [2.24, 2.45) is 17.8 Å². The fraction of sp³-hybridized carbons (Fsp3) is 0.486. The zero-order chi connectivity index (χ0) is 33.9. The molecule has 3 amide bonds. The zero-order valence-corrected chi connectivity index (χ0v) is 28.7. The number of nitrogens with zero attached hydrogens (tertiary/aromatic N) is 3. The van der Waals surface area contributed by atoms with E-state index in [1.165, 1.54) is 0 Å². The molecule has 0 aliphatic carbocycles. The minimum absolute atomic E-state index is 0.115. The number of benzene rings is 2. The van der Waals surface area contributed by atoms with E-state index in [0.717, 1.165) is 0 Å². The van der Waals surface area contributed by atoms with Gasteiger partial charge in [-0.1, -0.05) is 26.0 Å². The van der Waals surface area contributed by atoms with Crippen LogP contribution in [0.15, 0.2) is 73.8 Å². The first-order valence-corrected chi connectivity index (χ1v) is 17.4. The number of carbonyl (C=O) groups excluding carboxylic acids is 3. The van der Waals surface area contributed by atoms with Gasteiger partial charge in [0.15, 0.2) is 0 Å². The summed E-state index contributed by atoms with van der Waals surface area (Å²) >= 11 is 1.62. The molecule has 2 unspecified atom stereocenters. The lowest BCUT2D eigenvalue weighted by atomic mass is 9.70. The minimum Gasteiger partial charge on any atom is -0.497 e. The summed E-state index contributed by atoms with van der Waals surface area (Å²) in [5, 5.41) is 10.6. The lowest BCUT2D eigenvalue weighted by Gasteiger charge is -2.40. The van der Waals surface area contributed by atoms with Gasteiger partial charge in [0.2, 0.25) is 11.8 Å². The van der Waals surface area contributed by atoms with Crippen LogP contribution in [0.1, 0.15) is 40.0 Å². The average molecular weight is 662 g/mol. The Bertz CT molecular complexity index is 1460. The fourth-order valence-electron chi connectivity index (χ4n) is 7.75. The summed E-state index contributed by atoms with van der Waals surface area (Å²) in [6.45, 7) is 14.6. The Labute approximate surface area is 282 Å². The van der Waals surface area contributed by atoms with Gasteiger partial charge in [0.1, 0.15) is 17.5 Å². The second-order valence-electron chi connectivity index (χ2n) is 12.9. The van der Waals surface area contributed by atoms with Crippen LogP contribution in [0, 0.1) is 17.8 Å². The number of aliphatic hydroxyl groups is 1. The number of hydrogen-bond donors (Lipinski definition) is 1. The highest BCUT2D eigenvalue weighted by Gasteiger charge is 2.74. The van der Waals surface area contributed by atoms with E-state index in [1.54, 1.807) is 57.9 Å². The highest BCUT2D eigenvalue weighted by Crippen LogP contribution is 2.67. The number of rotatable bonds is 15. The van der Waals surface area contributed by atoms with Crippen molar-refractivity contribution in [2.45, 2.75) is 62.1 Å². The third kappa shape index (κ3) is 6.29. The molecule has 2 aromatic carbocycles. The van der Waals surface area contributed by atoms with Crippen molar-refractivity contribution in [3.63, 3.8) is 0 Å². The summed E-state index contributed by atoms with van der Waals surface area (Å²) in [4.78, 5) is 49.4. The van der Waals surface area contributed by atoms with Crippen molar-refractivity contribution in [3.05, 3.63) is 73.8 Å². The van der Waals surface area contributed by atoms with Gasteiger partial charge in [0, 0.05) is 29.7 Å². The number of carbonyl (C=O) groups is 3. The Morgan fingerprint density at radius 2 is 1.60 bits per heavy atom. The number of hydrogen-bond acceptors (Lipinski definition) is 7. The maximum Gasteiger partial charge on any atom is 0.251 e. The Kier molecular flexibility index (Phi) is 10.7. The maximum atomic E-state index is 14.9. The number of aliphatic hydroxyl groups excluding tert-OH is 1. The smallest absolute Gasteiger partial charge is 0.251 e. The standard InChI is InChI=1S/C37H47N3O6S/c1-7-20-38(25-12-16-29(17-13-25)46-9-3)34(42)31-30-18-19-37(47-30)32(31)35(43)40(27(23-41)22-24(4)5)33(37)36(44)39(21-8-2)26-10-14-28(45-6)15-11-26/h7-8,10-17,24,27,30-33,41H,1-2,9,18-23H2,3-6H3/t27-,30-,31+,32+,33?,37?/m1/s1. The summed E-state index contributed by atoms with van der Waals surface area (Å²) in [6.07, 6.45) is 5.23. The lowest BCUT2D eigenvalue weighted by molar-refractivity contribution is -0.142. The van der Waals surface area contributed by atoms with Gasteiger partial charge in [-0.2, -0.15) is 0 Å². The second-order valence-corrected chi connectivity index (χ2v) is 14.5. The van der Waals surface area contributed by atoms with Crippen molar-refractivity contribution in [3.8, 4) is 11.5 Å². The van der Waals surface area contributed by atoms with Gasteiger partial charge in [-0.05, 0) is 80.6 Å². The van der Waals surface area contributed by atoms with Gasteiger partial charge in [0.25, 0.3) is 5.91 Å². The van der Waals surface area contributed by atoms with Crippen LogP contribution in [0.25, 0.3) is 0 Å². The quantitative estimate of drug-likeness (QED) is 0.258. The second kappa shape index (κ2) is 14.6. The Balaban J connectivity index is 1.57. The topological polar surface area (TPSA) is 99.6 Å². The number of amides is 3. The summed E-state index contributed by atoms with van der Waals surface area (Å²) in [5.41, 5.74) is 1.35. The van der Waals surface area contributed by atoms with Crippen LogP contribution < -0.4 is 19.3 Å². The van der Waals surface area contributed by atoms with Crippen LogP contribution in [0.5, 0.6) is 11.5 Å². The Morgan fingerprint density at radius 1 is 1.02 bits per heavy atom. The average Bonchev–Trinajstić information content (AvgIpc) is 3.72. The molecule has 3 saturated heterocycles. The molecule has 3 aliphatic heterocycles. The summed E-state index contributed by atoms with van der Waals surface area (Å²) in [7, 11) is 1.59. The predicted molar refractivity (Wildman–Crippen MR) is 187 cm³/mol. The van der Waals surface area contributed by atoms with Crippen molar-refractivity contribution in [2.75, 3.05) is 43.2 Å². The molecule has 10 heteroatoms. The Hall–Kier alpha value is -3.76. The van der Waals surface area contributed by atoms with Crippen molar-refractivity contribution in [1.82, 2.24) is 4.90 Å². The van der Waals surface area contributed by atoms with E-state index in [4.69, 9.17) is 9.47 Å². The minimum atomic E-state index is -0.857. The van der Waals surface area contributed by atoms with Crippen LogP contribution in [-0.4, -0.2) is 83.2 Å². The van der Waals surface area contributed by atoms with Gasteiger partial charge in [0.05, 0.1) is 42.9 Å². The predicted octanol–water partition coefficient (Wildman–Crippen LogP) is 5.33. The van der Waals surface area contributed by atoms with Crippen molar-refractivity contribution < 1.29 is 29.0 Å².